The molecule has 2 heteroatoms. The van der Waals surface area contributed by atoms with Crippen LogP contribution in [0.5, 0.6) is 0 Å². The minimum atomic E-state index is 0.160. The van der Waals surface area contributed by atoms with Crippen molar-refractivity contribution >= 4 is 5.69 Å². The molecule has 0 spiro atoms. The molecule has 0 bridgehead atoms. The summed E-state index contributed by atoms with van der Waals surface area (Å²) in [6.07, 6.45) is 4.74. The summed E-state index contributed by atoms with van der Waals surface area (Å²) >= 11 is 0. The Labute approximate surface area is 105 Å². The van der Waals surface area contributed by atoms with Crippen molar-refractivity contribution in [2.45, 2.75) is 46.3 Å². The third-order valence-electron chi connectivity index (χ3n) is 3.36. The maximum atomic E-state index is 2.39. The molecule has 0 radical (unpaired) electrons. The van der Waals surface area contributed by atoms with Crippen LogP contribution in [0, 0.1) is 6.92 Å². The van der Waals surface area contributed by atoms with Crippen LogP contribution in [0.25, 0.3) is 0 Å². The SMILES string of the molecule is Cc1ccccc1N1C=CN(C(C)(C)C)[C@@H]1C. The van der Waals surface area contributed by atoms with E-state index < -0.39 is 0 Å². The highest BCUT2D eigenvalue weighted by molar-refractivity contribution is 5.57. The van der Waals surface area contributed by atoms with Crippen molar-refractivity contribution in [2.75, 3.05) is 4.90 Å². The summed E-state index contributed by atoms with van der Waals surface area (Å²) in [5.41, 5.74) is 2.77. The summed E-state index contributed by atoms with van der Waals surface area (Å²) in [5, 5.41) is 0. The van der Waals surface area contributed by atoms with Crippen molar-refractivity contribution in [1.29, 1.82) is 0 Å². The van der Waals surface area contributed by atoms with Crippen LogP contribution < -0.4 is 4.90 Å². The van der Waals surface area contributed by atoms with Gasteiger partial charge in [0.2, 0.25) is 0 Å². The molecule has 0 saturated heterocycles. The van der Waals surface area contributed by atoms with E-state index in [4.69, 9.17) is 0 Å². The first-order valence-electron chi connectivity index (χ1n) is 6.22. The monoisotopic (exact) mass is 230 g/mol. The van der Waals surface area contributed by atoms with Crippen molar-refractivity contribution in [1.82, 2.24) is 4.90 Å². The zero-order valence-corrected chi connectivity index (χ0v) is 11.4. The quantitative estimate of drug-likeness (QED) is 0.725. The minimum absolute atomic E-state index is 0.160. The van der Waals surface area contributed by atoms with Crippen LogP contribution in [0.15, 0.2) is 36.7 Å². The molecular formula is C15H22N2. The molecule has 2 nitrogen and oxygen atoms in total. The molecule has 0 aliphatic carbocycles. The normalized spacial score (nSPS) is 20.2. The van der Waals surface area contributed by atoms with E-state index in [1.807, 2.05) is 0 Å². The second kappa shape index (κ2) is 4.10. The molecular weight excluding hydrogens is 208 g/mol. The van der Waals surface area contributed by atoms with Gasteiger partial charge >= 0.3 is 0 Å². The third kappa shape index (κ3) is 2.17. The van der Waals surface area contributed by atoms with Crippen molar-refractivity contribution in [3.8, 4) is 0 Å². The first-order chi connectivity index (χ1) is 7.91. The molecule has 0 amide bonds. The highest BCUT2D eigenvalue weighted by Gasteiger charge is 2.31. The molecule has 92 valence electrons. The van der Waals surface area contributed by atoms with Gasteiger partial charge in [0.1, 0.15) is 6.17 Å². The molecule has 1 heterocycles. The molecule has 0 N–H and O–H groups in total. The van der Waals surface area contributed by atoms with Crippen LogP contribution in [0.2, 0.25) is 0 Å². The Bertz CT molecular complexity index is 429. The highest BCUT2D eigenvalue weighted by Crippen LogP contribution is 2.31. The maximum absolute atomic E-state index is 2.39. The summed E-state index contributed by atoms with van der Waals surface area (Å²) < 4.78 is 0. The summed E-state index contributed by atoms with van der Waals surface area (Å²) in [7, 11) is 0. The van der Waals surface area contributed by atoms with Crippen LogP contribution in [0.4, 0.5) is 5.69 Å². The summed E-state index contributed by atoms with van der Waals surface area (Å²) in [6.45, 7) is 11.1. The zero-order valence-electron chi connectivity index (χ0n) is 11.4. The van der Waals surface area contributed by atoms with Gasteiger partial charge in [0, 0.05) is 23.6 Å². The minimum Gasteiger partial charge on any atom is -0.351 e. The van der Waals surface area contributed by atoms with Gasteiger partial charge in [-0.1, -0.05) is 18.2 Å². The lowest BCUT2D eigenvalue weighted by atomic mass is 10.1. The Balaban J connectivity index is 2.28. The first-order valence-corrected chi connectivity index (χ1v) is 6.22. The smallest absolute Gasteiger partial charge is 0.103 e. The molecule has 0 saturated carbocycles. The second-order valence-electron chi connectivity index (χ2n) is 5.70. The van der Waals surface area contributed by atoms with E-state index >= 15 is 0 Å². The van der Waals surface area contributed by atoms with Gasteiger partial charge in [0.25, 0.3) is 0 Å². The Kier molecular flexibility index (Phi) is 2.90. The number of anilines is 1. The highest BCUT2D eigenvalue weighted by atomic mass is 15.4. The average Bonchev–Trinajstić information content (AvgIpc) is 2.60. The third-order valence-corrected chi connectivity index (χ3v) is 3.36. The number of rotatable bonds is 1. The van der Waals surface area contributed by atoms with E-state index in [1.165, 1.54) is 11.3 Å². The lowest BCUT2D eigenvalue weighted by Crippen LogP contribution is -2.46. The lowest BCUT2D eigenvalue weighted by Gasteiger charge is -2.39. The fraction of sp³-hybridized carbons (Fsp3) is 0.467. The first kappa shape index (κ1) is 12.0. The number of benzene rings is 1. The number of nitrogens with zero attached hydrogens (tertiary/aromatic N) is 2. The number of hydrogen-bond acceptors (Lipinski definition) is 2. The van der Waals surface area contributed by atoms with Crippen molar-refractivity contribution in [3.63, 3.8) is 0 Å². The Morgan fingerprint density at radius 2 is 1.71 bits per heavy atom. The van der Waals surface area contributed by atoms with Gasteiger partial charge in [-0.05, 0) is 46.2 Å². The molecule has 0 fully saturated rings. The summed E-state index contributed by atoms with van der Waals surface area (Å²) in [6, 6.07) is 8.53. The fourth-order valence-corrected chi connectivity index (χ4v) is 2.45. The van der Waals surface area contributed by atoms with Crippen LogP contribution in [-0.2, 0) is 0 Å². The van der Waals surface area contributed by atoms with E-state index in [0.29, 0.717) is 6.17 Å². The van der Waals surface area contributed by atoms with E-state index in [0.717, 1.165) is 0 Å². The zero-order chi connectivity index (χ0) is 12.6. The standard InChI is InChI=1S/C15H22N2/c1-12-8-6-7-9-14(12)16-10-11-17(13(16)2)15(3,4)5/h6-11,13H,1-5H3/t13-/m1/s1. The number of hydrogen-bond donors (Lipinski definition) is 0. The molecule has 1 aliphatic heterocycles. The van der Waals surface area contributed by atoms with Crippen LogP contribution in [0.3, 0.4) is 0 Å². The Morgan fingerprint density at radius 3 is 2.24 bits per heavy atom. The Morgan fingerprint density at radius 1 is 1.06 bits per heavy atom. The van der Waals surface area contributed by atoms with Crippen molar-refractivity contribution < 1.29 is 0 Å². The molecule has 1 aromatic carbocycles. The van der Waals surface area contributed by atoms with Gasteiger partial charge in [-0.3, -0.25) is 0 Å². The fourth-order valence-electron chi connectivity index (χ4n) is 2.45. The number of aryl methyl sites for hydroxylation is 1. The predicted molar refractivity (Wildman–Crippen MR) is 73.9 cm³/mol. The molecule has 0 unspecified atom stereocenters. The molecule has 2 rings (SSSR count). The predicted octanol–water partition coefficient (Wildman–Crippen LogP) is 3.73. The van der Waals surface area contributed by atoms with E-state index in [-0.39, 0.29) is 5.54 Å². The van der Waals surface area contributed by atoms with E-state index in [2.05, 4.69) is 81.1 Å². The van der Waals surface area contributed by atoms with Crippen molar-refractivity contribution in [2.24, 2.45) is 0 Å². The maximum Gasteiger partial charge on any atom is 0.103 e. The van der Waals surface area contributed by atoms with E-state index in [1.54, 1.807) is 0 Å². The van der Waals surface area contributed by atoms with Crippen molar-refractivity contribution in [3.05, 3.63) is 42.2 Å². The summed E-state index contributed by atoms with van der Waals surface area (Å²) in [4.78, 5) is 4.72. The van der Waals surface area contributed by atoms with E-state index in [9.17, 15) is 0 Å². The lowest BCUT2D eigenvalue weighted by molar-refractivity contribution is 0.171. The average molecular weight is 230 g/mol. The van der Waals surface area contributed by atoms with Gasteiger partial charge < -0.3 is 9.80 Å². The summed E-state index contributed by atoms with van der Waals surface area (Å²) in [5.74, 6) is 0. The van der Waals surface area contributed by atoms with Gasteiger partial charge in [0.15, 0.2) is 0 Å². The molecule has 1 aliphatic rings. The Hall–Kier alpha value is -1.44. The molecule has 17 heavy (non-hydrogen) atoms. The topological polar surface area (TPSA) is 6.48 Å². The largest absolute Gasteiger partial charge is 0.351 e. The van der Waals surface area contributed by atoms with Gasteiger partial charge in [-0.25, -0.2) is 0 Å². The van der Waals surface area contributed by atoms with Gasteiger partial charge in [-0.15, -0.1) is 0 Å². The van der Waals surface area contributed by atoms with Crippen LogP contribution in [0.1, 0.15) is 33.3 Å². The van der Waals surface area contributed by atoms with Crippen LogP contribution in [-0.4, -0.2) is 16.6 Å². The number of para-hydroxylation sites is 1. The molecule has 1 aromatic rings. The molecule has 0 aromatic heterocycles. The van der Waals surface area contributed by atoms with Gasteiger partial charge in [0.05, 0.1) is 0 Å². The second-order valence-corrected chi connectivity index (χ2v) is 5.70. The molecule has 1 atom stereocenters. The van der Waals surface area contributed by atoms with Crippen LogP contribution >= 0.6 is 0 Å². The van der Waals surface area contributed by atoms with Gasteiger partial charge in [-0.2, -0.15) is 0 Å².